The van der Waals surface area contributed by atoms with Crippen LogP contribution in [0.3, 0.4) is 0 Å². The Morgan fingerprint density at radius 3 is 2.68 bits per heavy atom. The third-order valence-corrected chi connectivity index (χ3v) is 3.20. The van der Waals surface area contributed by atoms with Gasteiger partial charge in [-0.3, -0.25) is 4.79 Å². The summed E-state index contributed by atoms with van der Waals surface area (Å²) in [5.74, 6) is -0.925. The Hall–Kier alpha value is -2.04. The zero-order valence-electron chi connectivity index (χ0n) is 10.2. The fraction of sp³-hybridized carbons (Fsp3) is 0.286. The number of halogens is 2. The predicted octanol–water partition coefficient (Wildman–Crippen LogP) is 3.70. The van der Waals surface area contributed by atoms with E-state index in [4.69, 9.17) is 4.52 Å². The van der Waals surface area contributed by atoms with Crippen LogP contribution in [0, 0.1) is 11.6 Å². The molecular weight excluding hydrogens is 252 g/mol. The van der Waals surface area contributed by atoms with Gasteiger partial charge in [-0.2, -0.15) is 0 Å². The van der Waals surface area contributed by atoms with Crippen LogP contribution in [0.25, 0.3) is 11.3 Å². The van der Waals surface area contributed by atoms with E-state index in [2.05, 4.69) is 5.16 Å². The van der Waals surface area contributed by atoms with Crippen LogP contribution in [0.2, 0.25) is 0 Å². The van der Waals surface area contributed by atoms with Crippen molar-refractivity contribution in [3.8, 4) is 11.3 Å². The third kappa shape index (κ3) is 2.05. The van der Waals surface area contributed by atoms with Crippen molar-refractivity contribution in [3.05, 3.63) is 41.2 Å². The van der Waals surface area contributed by atoms with E-state index >= 15 is 0 Å². The van der Waals surface area contributed by atoms with Gasteiger partial charge in [0.05, 0.1) is 5.56 Å². The van der Waals surface area contributed by atoms with E-state index in [1.165, 1.54) is 13.0 Å². The summed E-state index contributed by atoms with van der Waals surface area (Å²) < 4.78 is 31.9. The zero-order chi connectivity index (χ0) is 13.6. The second kappa shape index (κ2) is 4.26. The molecule has 1 aromatic heterocycles. The van der Waals surface area contributed by atoms with Crippen LogP contribution in [0.1, 0.15) is 41.8 Å². The largest absolute Gasteiger partial charge is 0.360 e. The van der Waals surface area contributed by atoms with Gasteiger partial charge in [0.25, 0.3) is 0 Å². The molecule has 0 radical (unpaired) electrons. The average molecular weight is 263 g/mol. The summed E-state index contributed by atoms with van der Waals surface area (Å²) in [6.45, 7) is 1.39. The molecule has 3 nitrogen and oxygen atoms in total. The number of Topliss-reactive ketones (excluding diaryl/α,β-unsaturated/α-hetero) is 1. The minimum absolute atomic E-state index is 0.0854. The van der Waals surface area contributed by atoms with Gasteiger partial charge in [-0.15, -0.1) is 0 Å². The smallest absolute Gasteiger partial charge is 0.165 e. The molecule has 1 aliphatic carbocycles. The van der Waals surface area contributed by atoms with Crippen molar-refractivity contribution in [3.63, 3.8) is 0 Å². The van der Waals surface area contributed by atoms with Gasteiger partial charge in [0.15, 0.2) is 11.5 Å². The Morgan fingerprint density at radius 2 is 2.11 bits per heavy atom. The number of hydrogen-bond donors (Lipinski definition) is 0. The van der Waals surface area contributed by atoms with Crippen molar-refractivity contribution in [1.82, 2.24) is 5.16 Å². The molecule has 1 aliphatic rings. The van der Waals surface area contributed by atoms with Crippen molar-refractivity contribution in [2.45, 2.75) is 25.7 Å². The number of hydrogen-bond acceptors (Lipinski definition) is 3. The molecule has 2 aromatic rings. The lowest BCUT2D eigenvalue weighted by atomic mass is 10.0. The number of ketones is 1. The van der Waals surface area contributed by atoms with Gasteiger partial charge >= 0.3 is 0 Å². The molecule has 98 valence electrons. The number of carbonyl (C=O) groups is 1. The Morgan fingerprint density at radius 1 is 1.37 bits per heavy atom. The molecule has 1 fully saturated rings. The molecule has 5 heteroatoms. The summed E-state index contributed by atoms with van der Waals surface area (Å²) in [4.78, 5) is 11.7. The molecule has 0 aliphatic heterocycles. The Labute approximate surface area is 108 Å². The fourth-order valence-electron chi connectivity index (χ4n) is 2.13. The van der Waals surface area contributed by atoms with Gasteiger partial charge in [-0.1, -0.05) is 5.16 Å². The summed E-state index contributed by atoms with van der Waals surface area (Å²) in [5.41, 5.74) is 0.558. The molecule has 0 bridgehead atoms. The standard InChI is InChI=1S/C14H11F2NO2/c1-7(18)12-13(17-19-14(12)8-2-3-8)10-5-4-9(15)6-11(10)16/h4-6,8H,2-3H2,1H3. The van der Waals surface area contributed by atoms with Crippen LogP contribution >= 0.6 is 0 Å². The molecule has 1 saturated carbocycles. The van der Waals surface area contributed by atoms with E-state index < -0.39 is 11.6 Å². The lowest BCUT2D eigenvalue weighted by Crippen LogP contribution is -1.99. The molecule has 1 aromatic carbocycles. The molecule has 0 atom stereocenters. The highest BCUT2D eigenvalue weighted by Gasteiger charge is 2.34. The quantitative estimate of drug-likeness (QED) is 0.793. The lowest BCUT2D eigenvalue weighted by molar-refractivity contribution is 0.101. The Kier molecular flexibility index (Phi) is 2.69. The summed E-state index contributed by atoms with van der Waals surface area (Å²) in [7, 11) is 0. The van der Waals surface area contributed by atoms with Crippen LogP contribution in [-0.4, -0.2) is 10.9 Å². The fourth-order valence-corrected chi connectivity index (χ4v) is 2.13. The summed E-state index contributed by atoms with van der Waals surface area (Å²) in [6, 6.07) is 3.17. The van der Waals surface area contributed by atoms with Gasteiger partial charge in [0.1, 0.15) is 17.3 Å². The monoisotopic (exact) mass is 263 g/mol. The maximum Gasteiger partial charge on any atom is 0.165 e. The maximum atomic E-state index is 13.8. The normalized spacial score (nSPS) is 14.7. The third-order valence-electron chi connectivity index (χ3n) is 3.20. The number of carbonyl (C=O) groups excluding carboxylic acids is 1. The van der Waals surface area contributed by atoms with Crippen molar-refractivity contribution in [2.75, 3.05) is 0 Å². The minimum atomic E-state index is -0.752. The van der Waals surface area contributed by atoms with Crippen LogP contribution in [0.15, 0.2) is 22.7 Å². The van der Waals surface area contributed by atoms with Crippen molar-refractivity contribution in [1.29, 1.82) is 0 Å². The second-order valence-electron chi connectivity index (χ2n) is 4.73. The molecule has 1 heterocycles. The van der Waals surface area contributed by atoms with E-state index in [0.29, 0.717) is 11.3 Å². The van der Waals surface area contributed by atoms with E-state index in [0.717, 1.165) is 25.0 Å². The molecule has 0 spiro atoms. The second-order valence-corrected chi connectivity index (χ2v) is 4.73. The number of aromatic nitrogens is 1. The maximum absolute atomic E-state index is 13.8. The highest BCUT2D eigenvalue weighted by Crippen LogP contribution is 2.44. The molecule has 0 N–H and O–H groups in total. The topological polar surface area (TPSA) is 43.1 Å². The minimum Gasteiger partial charge on any atom is -0.360 e. The van der Waals surface area contributed by atoms with Crippen molar-refractivity contribution in [2.24, 2.45) is 0 Å². The Bertz CT molecular complexity index is 659. The van der Waals surface area contributed by atoms with Crippen LogP contribution in [0.4, 0.5) is 8.78 Å². The number of rotatable bonds is 3. The molecule has 3 rings (SSSR count). The summed E-state index contributed by atoms with van der Waals surface area (Å²) >= 11 is 0. The first-order chi connectivity index (χ1) is 9.08. The highest BCUT2D eigenvalue weighted by atomic mass is 19.1. The average Bonchev–Trinajstić information content (AvgIpc) is 3.09. The highest BCUT2D eigenvalue weighted by molar-refractivity contribution is 6.01. The summed E-state index contributed by atoms with van der Waals surface area (Å²) in [6.07, 6.45) is 1.89. The van der Waals surface area contributed by atoms with Crippen molar-refractivity contribution < 1.29 is 18.1 Å². The molecular formula is C14H11F2NO2. The van der Waals surface area contributed by atoms with Gasteiger partial charge in [-0.25, -0.2) is 8.78 Å². The van der Waals surface area contributed by atoms with Gasteiger partial charge in [0.2, 0.25) is 0 Å². The number of nitrogens with zero attached hydrogens (tertiary/aromatic N) is 1. The Balaban J connectivity index is 2.16. The van der Waals surface area contributed by atoms with E-state index in [-0.39, 0.29) is 23.0 Å². The predicted molar refractivity (Wildman–Crippen MR) is 63.8 cm³/mol. The first-order valence-electron chi connectivity index (χ1n) is 6.04. The first kappa shape index (κ1) is 12.0. The van der Waals surface area contributed by atoms with Crippen molar-refractivity contribution >= 4 is 5.78 Å². The van der Waals surface area contributed by atoms with Gasteiger partial charge in [-0.05, 0) is 31.9 Å². The molecule has 0 unspecified atom stereocenters. The molecule has 0 saturated heterocycles. The summed E-state index contributed by atoms with van der Waals surface area (Å²) in [5, 5.41) is 3.80. The zero-order valence-corrected chi connectivity index (χ0v) is 10.2. The molecule has 0 amide bonds. The van der Waals surface area contributed by atoms with Gasteiger partial charge in [0, 0.05) is 17.5 Å². The van der Waals surface area contributed by atoms with Crippen LogP contribution in [-0.2, 0) is 0 Å². The first-order valence-corrected chi connectivity index (χ1v) is 6.04. The van der Waals surface area contributed by atoms with Crippen LogP contribution < -0.4 is 0 Å². The van der Waals surface area contributed by atoms with Gasteiger partial charge < -0.3 is 4.52 Å². The lowest BCUT2D eigenvalue weighted by Gasteiger charge is -2.01. The van der Waals surface area contributed by atoms with E-state index in [1.54, 1.807) is 0 Å². The number of benzene rings is 1. The SMILES string of the molecule is CC(=O)c1c(-c2ccc(F)cc2F)noc1C1CC1. The van der Waals surface area contributed by atoms with Crippen LogP contribution in [0.5, 0.6) is 0 Å². The van der Waals surface area contributed by atoms with E-state index in [1.807, 2.05) is 0 Å². The van der Waals surface area contributed by atoms with E-state index in [9.17, 15) is 13.6 Å². The molecule has 19 heavy (non-hydrogen) atoms.